The van der Waals surface area contributed by atoms with Crippen LogP contribution in [0.2, 0.25) is 0 Å². The quantitative estimate of drug-likeness (QED) is 0.526. The minimum absolute atomic E-state index is 0.607. The smallest absolute Gasteiger partial charge is 0.223 e. The Balaban J connectivity index is 2.19. The van der Waals surface area contributed by atoms with Crippen LogP contribution in [0.3, 0.4) is 0 Å². The zero-order valence-electron chi connectivity index (χ0n) is 7.21. The van der Waals surface area contributed by atoms with E-state index in [1.54, 1.807) is 6.92 Å². The van der Waals surface area contributed by atoms with Crippen LogP contribution in [0.15, 0.2) is 17.2 Å². The maximum absolute atomic E-state index is 4.80. The number of aryl methyl sites for hydroxylation is 1. The molecule has 0 saturated heterocycles. The summed E-state index contributed by atoms with van der Waals surface area (Å²) in [5.74, 6) is 1.31. The predicted octanol–water partition coefficient (Wildman–Crippen LogP) is 1.04. The molecule has 0 saturated carbocycles. The Morgan fingerprint density at radius 1 is 1.67 bits per heavy atom. The summed E-state index contributed by atoms with van der Waals surface area (Å²) >= 11 is 0. The summed E-state index contributed by atoms with van der Waals surface area (Å²) in [4.78, 5) is 4.04. The first-order chi connectivity index (χ1) is 5.83. The summed E-state index contributed by atoms with van der Waals surface area (Å²) in [7, 11) is 0. The zero-order valence-corrected chi connectivity index (χ0v) is 7.21. The van der Waals surface area contributed by atoms with Crippen molar-refractivity contribution < 1.29 is 4.52 Å². The second kappa shape index (κ2) is 4.66. The number of rotatable bonds is 5. The molecule has 0 aliphatic carbocycles. The van der Waals surface area contributed by atoms with Crippen LogP contribution in [-0.4, -0.2) is 16.7 Å². The molecule has 0 aliphatic heterocycles. The second-order valence-electron chi connectivity index (χ2n) is 2.48. The number of nitrogens with zero attached hydrogens (tertiary/aromatic N) is 2. The normalized spacial score (nSPS) is 10.1. The standard InChI is InChI=1S/C8H13N3O/c1-3-4-5-9-6-8-10-7(2)12-11-8/h3,9H,1,4-6H2,2H3. The molecule has 0 spiro atoms. The summed E-state index contributed by atoms with van der Waals surface area (Å²) in [6.45, 7) is 6.96. The topological polar surface area (TPSA) is 51.0 Å². The summed E-state index contributed by atoms with van der Waals surface area (Å²) in [5, 5.41) is 6.90. The molecule has 0 radical (unpaired) electrons. The number of nitrogens with one attached hydrogen (secondary N) is 1. The van der Waals surface area contributed by atoms with Crippen LogP contribution in [-0.2, 0) is 6.54 Å². The highest BCUT2D eigenvalue weighted by atomic mass is 16.5. The van der Waals surface area contributed by atoms with Crippen molar-refractivity contribution in [2.45, 2.75) is 19.9 Å². The van der Waals surface area contributed by atoms with E-state index in [2.05, 4.69) is 22.0 Å². The molecule has 1 rings (SSSR count). The lowest BCUT2D eigenvalue weighted by atomic mass is 10.4. The Morgan fingerprint density at radius 3 is 3.08 bits per heavy atom. The minimum Gasteiger partial charge on any atom is -0.340 e. The molecule has 1 N–H and O–H groups in total. The molecular formula is C8H13N3O. The lowest BCUT2D eigenvalue weighted by Gasteiger charge is -1.96. The predicted molar refractivity (Wildman–Crippen MR) is 45.6 cm³/mol. The van der Waals surface area contributed by atoms with E-state index in [1.807, 2.05) is 6.08 Å². The molecule has 1 aromatic rings. The third-order valence-electron chi connectivity index (χ3n) is 1.38. The average molecular weight is 167 g/mol. The van der Waals surface area contributed by atoms with Crippen LogP contribution in [0.1, 0.15) is 18.1 Å². The van der Waals surface area contributed by atoms with E-state index in [9.17, 15) is 0 Å². The van der Waals surface area contributed by atoms with E-state index < -0.39 is 0 Å². The van der Waals surface area contributed by atoms with Crippen molar-refractivity contribution in [2.75, 3.05) is 6.54 Å². The molecule has 0 atom stereocenters. The fraction of sp³-hybridized carbons (Fsp3) is 0.500. The SMILES string of the molecule is C=CCCNCc1noc(C)n1. The first-order valence-electron chi connectivity index (χ1n) is 3.93. The fourth-order valence-corrected chi connectivity index (χ4v) is 0.817. The summed E-state index contributed by atoms with van der Waals surface area (Å²) in [6, 6.07) is 0. The number of hydrogen-bond donors (Lipinski definition) is 1. The molecule has 12 heavy (non-hydrogen) atoms. The van der Waals surface area contributed by atoms with Gasteiger partial charge in [-0.2, -0.15) is 4.98 Å². The highest BCUT2D eigenvalue weighted by molar-refractivity contribution is 4.83. The number of hydrogen-bond acceptors (Lipinski definition) is 4. The van der Waals surface area contributed by atoms with E-state index in [4.69, 9.17) is 4.52 Å². The summed E-state index contributed by atoms with van der Waals surface area (Å²) < 4.78 is 4.80. The van der Waals surface area contributed by atoms with Gasteiger partial charge in [0.15, 0.2) is 5.82 Å². The highest BCUT2D eigenvalue weighted by Crippen LogP contribution is 1.93. The van der Waals surface area contributed by atoms with Crippen LogP contribution >= 0.6 is 0 Å². The third kappa shape index (κ3) is 2.84. The Bertz CT molecular complexity index is 244. The van der Waals surface area contributed by atoms with Gasteiger partial charge in [0.2, 0.25) is 5.89 Å². The summed E-state index contributed by atoms with van der Waals surface area (Å²) in [5.41, 5.74) is 0. The Kier molecular flexibility index (Phi) is 3.47. The van der Waals surface area contributed by atoms with Crippen molar-refractivity contribution in [2.24, 2.45) is 0 Å². The van der Waals surface area contributed by atoms with Crippen molar-refractivity contribution in [1.82, 2.24) is 15.5 Å². The van der Waals surface area contributed by atoms with Crippen LogP contribution < -0.4 is 5.32 Å². The molecule has 1 aromatic heterocycles. The van der Waals surface area contributed by atoms with Gasteiger partial charge in [0.25, 0.3) is 0 Å². The van der Waals surface area contributed by atoms with Crippen molar-refractivity contribution in [3.63, 3.8) is 0 Å². The van der Waals surface area contributed by atoms with Crippen LogP contribution in [0.4, 0.5) is 0 Å². The fourth-order valence-electron chi connectivity index (χ4n) is 0.817. The average Bonchev–Trinajstić information content (AvgIpc) is 2.45. The maximum atomic E-state index is 4.80. The van der Waals surface area contributed by atoms with Crippen molar-refractivity contribution >= 4 is 0 Å². The lowest BCUT2D eigenvalue weighted by Crippen LogP contribution is -2.14. The minimum atomic E-state index is 0.607. The van der Waals surface area contributed by atoms with E-state index in [0.717, 1.165) is 13.0 Å². The monoisotopic (exact) mass is 167 g/mol. The lowest BCUT2D eigenvalue weighted by molar-refractivity contribution is 0.385. The van der Waals surface area contributed by atoms with Gasteiger partial charge in [0, 0.05) is 6.92 Å². The van der Waals surface area contributed by atoms with Gasteiger partial charge in [-0.05, 0) is 13.0 Å². The first kappa shape index (κ1) is 8.93. The van der Waals surface area contributed by atoms with Gasteiger partial charge in [-0.1, -0.05) is 11.2 Å². The largest absolute Gasteiger partial charge is 0.340 e. The summed E-state index contributed by atoms with van der Waals surface area (Å²) in [6.07, 6.45) is 2.82. The molecule has 4 heteroatoms. The van der Waals surface area contributed by atoms with Crippen LogP contribution in [0.25, 0.3) is 0 Å². The van der Waals surface area contributed by atoms with Gasteiger partial charge >= 0.3 is 0 Å². The molecular weight excluding hydrogens is 154 g/mol. The second-order valence-corrected chi connectivity index (χ2v) is 2.48. The van der Waals surface area contributed by atoms with E-state index in [-0.39, 0.29) is 0 Å². The molecule has 1 heterocycles. The van der Waals surface area contributed by atoms with Crippen molar-refractivity contribution in [3.05, 3.63) is 24.4 Å². The molecule has 4 nitrogen and oxygen atoms in total. The van der Waals surface area contributed by atoms with Gasteiger partial charge in [-0.25, -0.2) is 0 Å². The van der Waals surface area contributed by atoms with Crippen molar-refractivity contribution in [1.29, 1.82) is 0 Å². The molecule has 0 fully saturated rings. The van der Waals surface area contributed by atoms with Gasteiger partial charge in [-0.15, -0.1) is 6.58 Å². The van der Waals surface area contributed by atoms with Gasteiger partial charge in [-0.3, -0.25) is 0 Å². The highest BCUT2D eigenvalue weighted by Gasteiger charge is 1.99. The van der Waals surface area contributed by atoms with Gasteiger partial charge in [0.1, 0.15) is 0 Å². The molecule has 0 aromatic carbocycles. The zero-order chi connectivity index (χ0) is 8.81. The van der Waals surface area contributed by atoms with E-state index in [1.165, 1.54) is 0 Å². The molecule has 0 bridgehead atoms. The van der Waals surface area contributed by atoms with Gasteiger partial charge < -0.3 is 9.84 Å². The Labute approximate surface area is 71.7 Å². The Morgan fingerprint density at radius 2 is 2.50 bits per heavy atom. The first-order valence-corrected chi connectivity index (χ1v) is 3.93. The molecule has 0 amide bonds. The van der Waals surface area contributed by atoms with Crippen LogP contribution in [0.5, 0.6) is 0 Å². The van der Waals surface area contributed by atoms with E-state index >= 15 is 0 Å². The van der Waals surface area contributed by atoms with Gasteiger partial charge in [0.05, 0.1) is 6.54 Å². The van der Waals surface area contributed by atoms with E-state index in [0.29, 0.717) is 18.3 Å². The maximum Gasteiger partial charge on any atom is 0.223 e. The van der Waals surface area contributed by atoms with Crippen molar-refractivity contribution in [3.8, 4) is 0 Å². The number of aromatic nitrogens is 2. The Hall–Kier alpha value is -1.16. The van der Waals surface area contributed by atoms with Crippen LogP contribution in [0, 0.1) is 6.92 Å². The molecule has 66 valence electrons. The third-order valence-corrected chi connectivity index (χ3v) is 1.38. The molecule has 0 aliphatic rings. The molecule has 0 unspecified atom stereocenters.